The molecule has 6 heteroatoms. The Morgan fingerprint density at radius 1 is 1.15 bits per heavy atom. The van der Waals surface area contributed by atoms with Crippen LogP contribution in [0.25, 0.3) is 6.08 Å². The fourth-order valence-electron chi connectivity index (χ4n) is 2.30. The van der Waals surface area contributed by atoms with Crippen LogP contribution in [0.15, 0.2) is 54.6 Å². The highest BCUT2D eigenvalue weighted by atomic mass is 19.3. The maximum Gasteiger partial charge on any atom is 0.387 e. The smallest absolute Gasteiger partial charge is 0.387 e. The molecule has 0 unspecified atom stereocenters. The van der Waals surface area contributed by atoms with Crippen molar-refractivity contribution in [2.24, 2.45) is 0 Å². The van der Waals surface area contributed by atoms with Gasteiger partial charge in [0.05, 0.1) is 6.61 Å². The number of amides is 1. The first-order valence-electron chi connectivity index (χ1n) is 8.30. The van der Waals surface area contributed by atoms with E-state index in [0.717, 1.165) is 12.0 Å². The van der Waals surface area contributed by atoms with E-state index in [-0.39, 0.29) is 17.4 Å². The van der Waals surface area contributed by atoms with Gasteiger partial charge in [-0.05, 0) is 42.7 Å². The molecule has 0 aliphatic carbocycles. The molecule has 0 saturated heterocycles. The summed E-state index contributed by atoms with van der Waals surface area (Å²) in [5.41, 5.74) is 1.79. The number of hydrogen-bond acceptors (Lipinski definition) is 3. The van der Waals surface area contributed by atoms with Crippen LogP contribution in [-0.2, 0) is 11.2 Å². The average Bonchev–Trinajstić information content (AvgIpc) is 2.62. The highest BCUT2D eigenvalue weighted by Gasteiger charge is 2.11. The average molecular weight is 361 g/mol. The molecular formula is C20H21F2NO3. The van der Waals surface area contributed by atoms with Crippen molar-refractivity contribution in [2.75, 3.05) is 13.2 Å². The van der Waals surface area contributed by atoms with Crippen LogP contribution in [0.5, 0.6) is 11.5 Å². The monoisotopic (exact) mass is 361 g/mol. The van der Waals surface area contributed by atoms with Gasteiger partial charge in [0.15, 0.2) is 11.5 Å². The number of halogens is 2. The van der Waals surface area contributed by atoms with Crippen molar-refractivity contribution >= 4 is 12.0 Å². The first-order valence-corrected chi connectivity index (χ1v) is 8.30. The zero-order valence-electron chi connectivity index (χ0n) is 14.5. The molecule has 0 aliphatic rings. The number of carbonyl (C=O) groups is 1. The summed E-state index contributed by atoms with van der Waals surface area (Å²) in [5.74, 6) is -0.0578. The number of ether oxygens (including phenoxy) is 2. The lowest BCUT2D eigenvalue weighted by Crippen LogP contribution is -2.23. The van der Waals surface area contributed by atoms with Crippen molar-refractivity contribution in [2.45, 2.75) is 20.0 Å². The van der Waals surface area contributed by atoms with Crippen molar-refractivity contribution in [1.29, 1.82) is 0 Å². The first kappa shape index (κ1) is 19.4. The standard InChI is InChI=1S/C20H21F2NO3/c1-2-25-18-14-16(8-10-17(18)26-20(21)22)9-11-19(24)23-13-12-15-6-4-3-5-7-15/h3-11,14,20H,2,12-13H2,1H3,(H,23,24)/b11-9+. The second kappa shape index (κ2) is 10.2. The van der Waals surface area contributed by atoms with Crippen LogP contribution in [-0.4, -0.2) is 25.7 Å². The summed E-state index contributed by atoms with van der Waals surface area (Å²) >= 11 is 0. The van der Waals surface area contributed by atoms with Gasteiger partial charge in [0.1, 0.15) is 0 Å². The summed E-state index contributed by atoms with van der Waals surface area (Å²) in [6.07, 6.45) is 3.73. The number of rotatable bonds is 9. The van der Waals surface area contributed by atoms with Crippen LogP contribution in [0, 0.1) is 0 Å². The lowest BCUT2D eigenvalue weighted by molar-refractivity contribution is -0.116. The van der Waals surface area contributed by atoms with E-state index in [9.17, 15) is 13.6 Å². The number of alkyl halides is 2. The summed E-state index contributed by atoms with van der Waals surface area (Å²) in [6.45, 7) is -0.342. The van der Waals surface area contributed by atoms with Crippen molar-refractivity contribution in [3.05, 3.63) is 65.7 Å². The third-order valence-electron chi connectivity index (χ3n) is 3.47. The molecule has 2 rings (SSSR count). The van der Waals surface area contributed by atoms with E-state index < -0.39 is 6.61 Å². The van der Waals surface area contributed by atoms with Crippen LogP contribution in [0.3, 0.4) is 0 Å². The summed E-state index contributed by atoms with van der Waals surface area (Å²) in [5, 5.41) is 2.80. The molecule has 2 aromatic carbocycles. The Balaban J connectivity index is 1.91. The SMILES string of the molecule is CCOc1cc(/C=C/C(=O)NCCc2ccccc2)ccc1OC(F)F. The van der Waals surface area contributed by atoms with E-state index in [4.69, 9.17) is 4.74 Å². The highest BCUT2D eigenvalue weighted by Crippen LogP contribution is 2.30. The molecule has 0 bridgehead atoms. The number of nitrogens with one attached hydrogen (secondary N) is 1. The Labute approximate surface area is 151 Å². The van der Waals surface area contributed by atoms with E-state index in [1.54, 1.807) is 25.1 Å². The zero-order valence-corrected chi connectivity index (χ0v) is 14.5. The van der Waals surface area contributed by atoms with E-state index in [1.165, 1.54) is 12.1 Å². The molecule has 0 spiro atoms. The van der Waals surface area contributed by atoms with E-state index >= 15 is 0 Å². The maximum atomic E-state index is 12.4. The largest absolute Gasteiger partial charge is 0.490 e. The van der Waals surface area contributed by atoms with Crippen LogP contribution >= 0.6 is 0 Å². The fraction of sp³-hybridized carbons (Fsp3) is 0.250. The molecule has 0 aromatic heterocycles. The predicted octanol–water partition coefficient (Wildman–Crippen LogP) is 4.06. The highest BCUT2D eigenvalue weighted by molar-refractivity contribution is 5.91. The first-order chi connectivity index (χ1) is 12.6. The number of benzene rings is 2. The second-order valence-corrected chi connectivity index (χ2v) is 5.38. The molecule has 0 atom stereocenters. The Morgan fingerprint density at radius 3 is 2.62 bits per heavy atom. The fourth-order valence-corrected chi connectivity index (χ4v) is 2.30. The summed E-state index contributed by atoms with van der Waals surface area (Å²) < 4.78 is 34.5. The lowest BCUT2D eigenvalue weighted by Gasteiger charge is -2.11. The van der Waals surface area contributed by atoms with Gasteiger partial charge in [-0.25, -0.2) is 0 Å². The van der Waals surface area contributed by atoms with Gasteiger partial charge in [-0.1, -0.05) is 36.4 Å². The molecule has 0 aliphatic heterocycles. The number of hydrogen-bond donors (Lipinski definition) is 1. The topological polar surface area (TPSA) is 47.6 Å². The zero-order chi connectivity index (χ0) is 18.8. The maximum absolute atomic E-state index is 12.4. The van der Waals surface area contributed by atoms with Crippen LogP contribution in [0.4, 0.5) is 8.78 Å². The minimum atomic E-state index is -2.93. The third kappa shape index (κ3) is 6.55. The van der Waals surface area contributed by atoms with E-state index in [2.05, 4.69) is 10.1 Å². The van der Waals surface area contributed by atoms with Crippen molar-refractivity contribution in [3.63, 3.8) is 0 Å². The van der Waals surface area contributed by atoms with Crippen molar-refractivity contribution in [1.82, 2.24) is 5.32 Å². The Morgan fingerprint density at radius 2 is 1.92 bits per heavy atom. The minimum Gasteiger partial charge on any atom is -0.490 e. The molecule has 26 heavy (non-hydrogen) atoms. The molecule has 0 saturated carbocycles. The summed E-state index contributed by atoms with van der Waals surface area (Å²) in [7, 11) is 0. The van der Waals surface area contributed by atoms with Crippen LogP contribution in [0.1, 0.15) is 18.1 Å². The van der Waals surface area contributed by atoms with Gasteiger partial charge in [-0.2, -0.15) is 8.78 Å². The number of carbonyl (C=O) groups excluding carboxylic acids is 1. The molecule has 0 fully saturated rings. The molecule has 0 radical (unpaired) electrons. The molecule has 4 nitrogen and oxygen atoms in total. The van der Waals surface area contributed by atoms with Gasteiger partial charge in [0.25, 0.3) is 0 Å². The Bertz CT molecular complexity index is 733. The van der Waals surface area contributed by atoms with Gasteiger partial charge < -0.3 is 14.8 Å². The van der Waals surface area contributed by atoms with Gasteiger partial charge in [0.2, 0.25) is 5.91 Å². The van der Waals surface area contributed by atoms with Gasteiger partial charge in [-0.3, -0.25) is 4.79 Å². The molecule has 2 aromatic rings. The van der Waals surface area contributed by atoms with Gasteiger partial charge >= 0.3 is 6.61 Å². The van der Waals surface area contributed by atoms with Gasteiger partial charge in [-0.15, -0.1) is 0 Å². The molecule has 1 N–H and O–H groups in total. The molecule has 0 heterocycles. The molecule has 1 amide bonds. The van der Waals surface area contributed by atoms with Gasteiger partial charge in [0, 0.05) is 12.6 Å². The second-order valence-electron chi connectivity index (χ2n) is 5.38. The molecule has 138 valence electrons. The summed E-state index contributed by atoms with van der Waals surface area (Å²) in [4.78, 5) is 11.9. The van der Waals surface area contributed by atoms with Crippen molar-refractivity contribution in [3.8, 4) is 11.5 Å². The lowest BCUT2D eigenvalue weighted by atomic mass is 10.1. The van der Waals surface area contributed by atoms with E-state index in [0.29, 0.717) is 18.7 Å². The van der Waals surface area contributed by atoms with Crippen LogP contribution in [0.2, 0.25) is 0 Å². The molecular weight excluding hydrogens is 340 g/mol. The third-order valence-corrected chi connectivity index (χ3v) is 3.47. The normalized spacial score (nSPS) is 10.9. The Hall–Kier alpha value is -2.89. The minimum absolute atomic E-state index is 0.0358. The van der Waals surface area contributed by atoms with E-state index in [1.807, 2.05) is 30.3 Å². The van der Waals surface area contributed by atoms with Crippen LogP contribution < -0.4 is 14.8 Å². The van der Waals surface area contributed by atoms with Crippen molar-refractivity contribution < 1.29 is 23.0 Å². The quantitative estimate of drug-likeness (QED) is 0.685. The Kier molecular flexibility index (Phi) is 7.61. The summed E-state index contributed by atoms with van der Waals surface area (Å²) in [6, 6.07) is 14.4. The predicted molar refractivity (Wildman–Crippen MR) is 96.4 cm³/mol.